The van der Waals surface area contributed by atoms with Crippen molar-refractivity contribution in [2.24, 2.45) is 0 Å². The number of carbonyl (C=O) groups excluding carboxylic acids is 1. The van der Waals surface area contributed by atoms with E-state index < -0.39 is 19.9 Å². The Morgan fingerprint density at radius 1 is 1.00 bits per heavy atom. The number of hydrogen-bond acceptors (Lipinski definition) is 7. The van der Waals surface area contributed by atoms with Gasteiger partial charge in [0.1, 0.15) is 40.9 Å². The quantitative estimate of drug-likeness (QED) is 0.0311. The molecule has 0 atom stereocenters. The van der Waals surface area contributed by atoms with Crippen LogP contribution in [-0.2, 0) is 27.2 Å². The molecule has 0 bridgehead atoms. The molecule has 0 aliphatic heterocycles. The molecule has 5 rings (SSSR count). The van der Waals surface area contributed by atoms with Crippen molar-refractivity contribution >= 4 is 59.2 Å². The third-order valence-electron chi connectivity index (χ3n) is 10.3. The molecule has 3 aromatic carbocycles. The first-order valence-corrected chi connectivity index (χ1v) is 21.9. The second-order valence-electron chi connectivity index (χ2n) is 15.7. The maximum atomic E-state index is 16.1. The van der Waals surface area contributed by atoms with Crippen LogP contribution in [0.4, 0.5) is 4.39 Å². The van der Waals surface area contributed by atoms with E-state index in [1.807, 2.05) is 16.7 Å². The van der Waals surface area contributed by atoms with Gasteiger partial charge in [-0.3, -0.25) is 0 Å². The Balaban J connectivity index is 1.69. The number of fused-ring (bicyclic) bond motifs is 2. The molecular formula is C43H51ClFN3O4SSi. The minimum absolute atomic E-state index is 0.0127. The van der Waals surface area contributed by atoms with E-state index in [9.17, 15) is 4.79 Å². The van der Waals surface area contributed by atoms with Gasteiger partial charge in [-0.25, -0.2) is 19.2 Å². The van der Waals surface area contributed by atoms with E-state index in [1.54, 1.807) is 19.5 Å². The Kier molecular flexibility index (Phi) is 12.9. The first kappa shape index (κ1) is 41.3. The highest BCUT2D eigenvalue weighted by atomic mass is 35.5. The highest BCUT2D eigenvalue weighted by Gasteiger charge is 2.41. The van der Waals surface area contributed by atoms with Crippen molar-refractivity contribution in [3.63, 3.8) is 0 Å². The Labute approximate surface area is 329 Å². The fraction of sp³-hybridized carbons (Fsp3) is 0.419. The summed E-state index contributed by atoms with van der Waals surface area (Å²) < 4.78 is 34.3. The molecule has 0 radical (unpaired) electrons. The lowest BCUT2D eigenvalue weighted by Crippen LogP contribution is -2.43. The number of aromatic nitrogens is 3. The zero-order valence-corrected chi connectivity index (χ0v) is 35.8. The van der Waals surface area contributed by atoms with Gasteiger partial charge in [-0.15, -0.1) is 5.54 Å². The van der Waals surface area contributed by atoms with E-state index in [0.717, 1.165) is 16.5 Å². The first-order chi connectivity index (χ1) is 25.5. The fourth-order valence-corrected chi connectivity index (χ4v) is 14.0. The number of carbonyl (C=O) groups is 1. The Hall–Kier alpha value is -3.88. The van der Waals surface area contributed by atoms with E-state index in [4.69, 9.17) is 30.8 Å². The van der Waals surface area contributed by atoms with Crippen molar-refractivity contribution in [3.05, 3.63) is 93.6 Å². The van der Waals surface area contributed by atoms with Gasteiger partial charge in [0.05, 0.1) is 24.5 Å². The van der Waals surface area contributed by atoms with Crippen LogP contribution in [0.2, 0.25) is 21.8 Å². The minimum Gasteiger partial charge on any atom is -0.468 e. The molecule has 0 fully saturated rings. The number of hydrogen-bond donors (Lipinski definition) is 0. The summed E-state index contributed by atoms with van der Waals surface area (Å²) in [4.78, 5) is 22.7. The van der Waals surface area contributed by atoms with Crippen LogP contribution in [0.15, 0.2) is 59.9 Å². The predicted octanol–water partition coefficient (Wildman–Crippen LogP) is 11.4. The molecule has 0 aliphatic carbocycles. The standard InChI is InChI=1S/C43H51ClFN3O4SSi/c1-26(2)54(27(3)4,28(5)6)19-18-34-35(45)17-14-30-20-33(52-25-50-10)21-31(36(30)34)22-48-24-46-38-39(48)37(42(49)51-11)40(44)47-41(38)53-23-29-12-15-32(16-13-29)43(7,8)9/h12-17,20-21,24,26-28H,22-23,25H2,1-11H3. The van der Waals surface area contributed by atoms with Crippen LogP contribution >= 0.6 is 23.4 Å². The average Bonchev–Trinajstić information content (AvgIpc) is 3.52. The summed E-state index contributed by atoms with van der Waals surface area (Å²) in [5.74, 6) is 3.53. The molecule has 11 heteroatoms. The first-order valence-electron chi connectivity index (χ1n) is 18.3. The average molecular weight is 789 g/mol. The van der Waals surface area contributed by atoms with Gasteiger partial charge in [0.2, 0.25) is 0 Å². The number of halogens is 2. The number of benzene rings is 3. The van der Waals surface area contributed by atoms with E-state index in [-0.39, 0.29) is 29.5 Å². The molecule has 0 saturated heterocycles. The van der Waals surface area contributed by atoms with Gasteiger partial charge in [-0.2, -0.15) is 0 Å². The molecule has 5 aromatic rings. The number of rotatable bonds is 12. The lowest BCUT2D eigenvalue weighted by atomic mass is 9.87. The molecule has 0 N–H and O–H groups in total. The zero-order chi connectivity index (χ0) is 39.5. The monoisotopic (exact) mass is 787 g/mol. The summed E-state index contributed by atoms with van der Waals surface area (Å²) >= 11 is 8.28. The van der Waals surface area contributed by atoms with Crippen molar-refractivity contribution in [3.8, 4) is 17.2 Å². The number of imidazole rings is 1. The van der Waals surface area contributed by atoms with Crippen molar-refractivity contribution in [2.75, 3.05) is 21.0 Å². The topological polar surface area (TPSA) is 75.5 Å². The highest BCUT2D eigenvalue weighted by Crippen LogP contribution is 2.41. The van der Waals surface area contributed by atoms with Gasteiger partial charge in [0.25, 0.3) is 0 Å². The number of pyridine rings is 1. The normalized spacial score (nSPS) is 12.2. The second-order valence-corrected chi connectivity index (χ2v) is 22.6. The van der Waals surface area contributed by atoms with Crippen LogP contribution in [0.3, 0.4) is 0 Å². The summed E-state index contributed by atoms with van der Waals surface area (Å²) in [6.07, 6.45) is 1.66. The van der Waals surface area contributed by atoms with Gasteiger partial charge < -0.3 is 18.8 Å². The molecular weight excluding hydrogens is 737 g/mol. The van der Waals surface area contributed by atoms with Gasteiger partial charge in [0, 0.05) is 24.8 Å². The SMILES string of the molecule is COCOc1cc(Cn2cnc3c(SCc4ccc(C(C)(C)C)cc4)nc(Cl)c(C(=O)OC)c32)c2c(C#C[Si](C(C)C)(C(C)C)C(C)C)c(F)ccc2c1. The van der Waals surface area contributed by atoms with Crippen LogP contribution in [0, 0.1) is 17.3 Å². The van der Waals surface area contributed by atoms with Gasteiger partial charge >= 0.3 is 5.97 Å². The smallest absolute Gasteiger partial charge is 0.343 e. The number of nitrogens with zero attached hydrogens (tertiary/aromatic N) is 3. The molecule has 54 heavy (non-hydrogen) atoms. The minimum atomic E-state index is -2.21. The third-order valence-corrected chi connectivity index (χ3v) is 17.9. The van der Waals surface area contributed by atoms with Crippen molar-refractivity contribution < 1.29 is 23.4 Å². The van der Waals surface area contributed by atoms with Gasteiger partial charge in [0.15, 0.2) is 6.79 Å². The Morgan fingerprint density at radius 3 is 2.26 bits per heavy atom. The van der Waals surface area contributed by atoms with E-state index in [0.29, 0.717) is 55.1 Å². The molecule has 7 nitrogen and oxygen atoms in total. The van der Waals surface area contributed by atoms with E-state index in [1.165, 1.54) is 30.5 Å². The molecule has 2 aromatic heterocycles. The second kappa shape index (κ2) is 16.9. The number of ether oxygens (including phenoxy) is 3. The molecule has 286 valence electrons. The van der Waals surface area contributed by atoms with Gasteiger partial charge in [-0.05, 0) is 62.3 Å². The number of esters is 1. The molecule has 0 unspecified atom stereocenters. The molecule has 0 amide bonds. The Morgan fingerprint density at radius 2 is 1.67 bits per heavy atom. The number of thioether (sulfide) groups is 1. The van der Waals surface area contributed by atoms with Crippen molar-refractivity contribution in [2.45, 2.75) is 102 Å². The summed E-state index contributed by atoms with van der Waals surface area (Å²) in [7, 11) is 0.656. The predicted molar refractivity (Wildman–Crippen MR) is 222 cm³/mol. The maximum absolute atomic E-state index is 16.1. The van der Waals surface area contributed by atoms with Gasteiger partial charge in [-0.1, -0.05) is 122 Å². The molecule has 0 spiro atoms. The Bertz CT molecular complexity index is 2200. The van der Waals surface area contributed by atoms with Crippen molar-refractivity contribution in [1.82, 2.24) is 14.5 Å². The summed E-state index contributed by atoms with van der Waals surface area (Å²) in [5, 5.41) is 2.03. The summed E-state index contributed by atoms with van der Waals surface area (Å²) in [6.45, 7) is 20.2. The van der Waals surface area contributed by atoms with E-state index >= 15 is 4.39 Å². The lowest BCUT2D eigenvalue weighted by Gasteiger charge is -2.38. The number of methoxy groups -OCH3 is 2. The molecule has 2 heterocycles. The van der Waals surface area contributed by atoms with E-state index in [2.05, 4.69) is 103 Å². The summed E-state index contributed by atoms with van der Waals surface area (Å²) in [6, 6.07) is 15.5. The fourth-order valence-electron chi connectivity index (χ4n) is 7.60. The zero-order valence-electron chi connectivity index (χ0n) is 33.2. The van der Waals surface area contributed by atoms with Crippen LogP contribution in [-0.4, -0.2) is 49.6 Å². The molecule has 0 aliphatic rings. The third kappa shape index (κ3) is 8.35. The highest BCUT2D eigenvalue weighted by molar-refractivity contribution is 7.98. The van der Waals surface area contributed by atoms with Crippen LogP contribution in [0.25, 0.3) is 21.8 Å². The lowest BCUT2D eigenvalue weighted by molar-refractivity contribution is 0.0511. The maximum Gasteiger partial charge on any atom is 0.343 e. The van der Waals surface area contributed by atoms with Crippen molar-refractivity contribution in [1.29, 1.82) is 0 Å². The van der Waals surface area contributed by atoms with Crippen LogP contribution in [0.5, 0.6) is 5.75 Å². The molecule has 0 saturated carbocycles. The van der Waals surface area contributed by atoms with Crippen LogP contribution in [0.1, 0.15) is 94.9 Å². The van der Waals surface area contributed by atoms with Crippen LogP contribution < -0.4 is 4.74 Å². The summed E-state index contributed by atoms with van der Waals surface area (Å²) in [5.41, 5.74) is 9.41. The largest absolute Gasteiger partial charge is 0.468 e.